The number of rotatable bonds is 3. The summed E-state index contributed by atoms with van der Waals surface area (Å²) in [6.45, 7) is 9.23. The molecule has 0 saturated carbocycles. The van der Waals surface area contributed by atoms with Crippen LogP contribution in [0.2, 0.25) is 0 Å². The van der Waals surface area contributed by atoms with Crippen LogP contribution in [-0.4, -0.2) is 4.57 Å². The van der Waals surface area contributed by atoms with Gasteiger partial charge in [-0.05, 0) is 19.8 Å². The monoisotopic (exact) mass is 199 g/mol. The Kier molecular flexibility index (Phi) is 3.31. The first-order valence-corrected chi connectivity index (χ1v) is 5.54. The van der Waals surface area contributed by atoms with Gasteiger partial charge in [0, 0.05) is 17.1 Å². The van der Waals surface area contributed by atoms with Crippen molar-refractivity contribution in [3.63, 3.8) is 0 Å². The quantitative estimate of drug-likeness (QED) is 0.733. The molecule has 1 aromatic rings. The van der Waals surface area contributed by atoms with Gasteiger partial charge in [-0.2, -0.15) is 0 Å². The van der Waals surface area contributed by atoms with Crippen LogP contribution in [0.25, 0.3) is 0 Å². The molecule has 0 amide bonds. The second-order valence-electron chi connectivity index (χ2n) is 3.63. The fourth-order valence-electron chi connectivity index (χ4n) is 1.24. The molecule has 1 aromatic heterocycles. The van der Waals surface area contributed by atoms with E-state index in [1.807, 2.05) is 18.4 Å². The number of nitrogens with zero attached hydrogens (tertiary/aromatic N) is 1. The predicted octanol–water partition coefficient (Wildman–Crippen LogP) is 2.57. The van der Waals surface area contributed by atoms with E-state index in [1.165, 1.54) is 11.3 Å². The molecule has 0 aliphatic carbocycles. The van der Waals surface area contributed by atoms with E-state index in [0.717, 1.165) is 23.5 Å². The molecule has 0 aliphatic rings. The zero-order valence-corrected chi connectivity index (χ0v) is 9.57. The van der Waals surface area contributed by atoms with Crippen molar-refractivity contribution in [1.82, 2.24) is 4.57 Å². The van der Waals surface area contributed by atoms with Crippen molar-refractivity contribution in [2.75, 3.05) is 0 Å². The number of hydrogen-bond donors (Lipinski definition) is 0. The summed E-state index contributed by atoms with van der Waals surface area (Å²) in [5, 5.41) is 0. The summed E-state index contributed by atoms with van der Waals surface area (Å²) in [5.74, 6) is 0.588. The first-order chi connectivity index (χ1) is 6.06. The molecule has 2 nitrogen and oxygen atoms in total. The van der Waals surface area contributed by atoms with Crippen LogP contribution in [0.4, 0.5) is 0 Å². The molecule has 1 unspecified atom stereocenters. The zero-order chi connectivity index (χ0) is 10.0. The highest BCUT2D eigenvalue weighted by atomic mass is 32.1. The molecule has 1 atom stereocenters. The molecule has 0 N–H and O–H groups in total. The topological polar surface area (TPSA) is 22.0 Å². The van der Waals surface area contributed by atoms with Gasteiger partial charge < -0.3 is 4.57 Å². The summed E-state index contributed by atoms with van der Waals surface area (Å²) >= 11 is 1.36. The highest BCUT2D eigenvalue weighted by Crippen LogP contribution is 2.12. The fourth-order valence-corrected chi connectivity index (χ4v) is 2.08. The van der Waals surface area contributed by atoms with E-state index in [2.05, 4.69) is 13.8 Å². The van der Waals surface area contributed by atoms with Crippen molar-refractivity contribution in [2.24, 2.45) is 5.92 Å². The molecule has 0 aliphatic heterocycles. The third kappa shape index (κ3) is 2.21. The summed E-state index contributed by atoms with van der Waals surface area (Å²) in [5.41, 5.74) is 1.13. The summed E-state index contributed by atoms with van der Waals surface area (Å²) in [6, 6.07) is 0. The van der Waals surface area contributed by atoms with Gasteiger partial charge in [-0.3, -0.25) is 4.79 Å². The molecule has 0 fully saturated rings. The summed E-state index contributed by atoms with van der Waals surface area (Å²) < 4.78 is 1.90. The Morgan fingerprint density at radius 1 is 1.46 bits per heavy atom. The van der Waals surface area contributed by atoms with Crippen molar-refractivity contribution in [3.8, 4) is 0 Å². The average Bonchev–Trinajstić information content (AvgIpc) is 2.32. The maximum atomic E-state index is 11.5. The van der Waals surface area contributed by atoms with E-state index >= 15 is 0 Å². The summed E-state index contributed by atoms with van der Waals surface area (Å²) in [6.07, 6.45) is 1.13. The highest BCUT2D eigenvalue weighted by molar-refractivity contribution is 7.09. The first-order valence-electron chi connectivity index (χ1n) is 4.73. The van der Waals surface area contributed by atoms with Crippen molar-refractivity contribution in [1.29, 1.82) is 0 Å². The average molecular weight is 199 g/mol. The van der Waals surface area contributed by atoms with Gasteiger partial charge in [-0.1, -0.05) is 31.6 Å². The number of aryl methyl sites for hydroxylation is 1. The Morgan fingerprint density at radius 3 is 2.46 bits per heavy atom. The highest BCUT2D eigenvalue weighted by Gasteiger charge is 2.09. The van der Waals surface area contributed by atoms with Crippen LogP contribution < -0.4 is 4.87 Å². The lowest BCUT2D eigenvalue weighted by molar-refractivity contribution is 0.458. The van der Waals surface area contributed by atoms with Gasteiger partial charge in [-0.15, -0.1) is 0 Å². The Hall–Kier alpha value is -0.570. The maximum Gasteiger partial charge on any atom is 0.307 e. The van der Waals surface area contributed by atoms with Crippen LogP contribution in [0, 0.1) is 19.8 Å². The van der Waals surface area contributed by atoms with Gasteiger partial charge in [0.15, 0.2) is 0 Å². The van der Waals surface area contributed by atoms with Gasteiger partial charge in [0.25, 0.3) is 0 Å². The Balaban J connectivity index is 2.94. The lowest BCUT2D eigenvalue weighted by atomic mass is 10.1. The van der Waals surface area contributed by atoms with Gasteiger partial charge >= 0.3 is 4.87 Å². The Morgan fingerprint density at radius 2 is 2.08 bits per heavy atom. The first kappa shape index (κ1) is 10.5. The molecule has 13 heavy (non-hydrogen) atoms. The molecule has 1 rings (SSSR count). The van der Waals surface area contributed by atoms with E-state index in [4.69, 9.17) is 0 Å². The van der Waals surface area contributed by atoms with Crippen molar-refractivity contribution < 1.29 is 0 Å². The molecular formula is C10H17NOS. The molecule has 0 saturated heterocycles. The van der Waals surface area contributed by atoms with E-state index in [0.29, 0.717) is 5.92 Å². The smallest absolute Gasteiger partial charge is 0.303 e. The van der Waals surface area contributed by atoms with Crippen LogP contribution in [0.15, 0.2) is 4.79 Å². The normalized spacial score (nSPS) is 13.2. The van der Waals surface area contributed by atoms with E-state index in [1.54, 1.807) is 0 Å². The van der Waals surface area contributed by atoms with E-state index in [-0.39, 0.29) is 4.87 Å². The molecule has 1 heterocycles. The van der Waals surface area contributed by atoms with E-state index < -0.39 is 0 Å². The Labute approximate surface area is 83.2 Å². The SMILES string of the molecule is CCC(C)Cn1c(C)c(C)sc1=O. The second kappa shape index (κ2) is 4.09. The standard InChI is InChI=1S/C10H17NOS/c1-5-7(2)6-11-8(3)9(4)13-10(11)12/h7H,5-6H2,1-4H3. The minimum Gasteiger partial charge on any atom is -0.303 e. The molecule has 0 radical (unpaired) electrons. The minimum absolute atomic E-state index is 0.190. The summed E-state index contributed by atoms with van der Waals surface area (Å²) in [7, 11) is 0. The summed E-state index contributed by atoms with van der Waals surface area (Å²) in [4.78, 5) is 12.8. The van der Waals surface area contributed by atoms with Crippen molar-refractivity contribution in [3.05, 3.63) is 20.2 Å². The lowest BCUT2D eigenvalue weighted by Gasteiger charge is -2.10. The number of hydrogen-bond acceptors (Lipinski definition) is 2. The minimum atomic E-state index is 0.190. The molecular weight excluding hydrogens is 182 g/mol. The van der Waals surface area contributed by atoms with Crippen LogP contribution in [0.5, 0.6) is 0 Å². The zero-order valence-electron chi connectivity index (χ0n) is 8.76. The third-order valence-electron chi connectivity index (χ3n) is 2.57. The van der Waals surface area contributed by atoms with Crippen LogP contribution in [-0.2, 0) is 6.54 Å². The second-order valence-corrected chi connectivity index (χ2v) is 4.80. The number of aromatic nitrogens is 1. The molecule has 0 bridgehead atoms. The largest absolute Gasteiger partial charge is 0.307 e. The molecule has 0 aromatic carbocycles. The molecule has 0 spiro atoms. The lowest BCUT2D eigenvalue weighted by Crippen LogP contribution is -2.18. The van der Waals surface area contributed by atoms with Crippen LogP contribution in [0.1, 0.15) is 30.8 Å². The fraction of sp³-hybridized carbons (Fsp3) is 0.700. The van der Waals surface area contributed by atoms with Gasteiger partial charge in [-0.25, -0.2) is 0 Å². The van der Waals surface area contributed by atoms with Gasteiger partial charge in [0.2, 0.25) is 0 Å². The van der Waals surface area contributed by atoms with Gasteiger partial charge in [0.1, 0.15) is 0 Å². The maximum absolute atomic E-state index is 11.5. The van der Waals surface area contributed by atoms with Crippen LogP contribution in [0.3, 0.4) is 0 Å². The van der Waals surface area contributed by atoms with E-state index in [9.17, 15) is 4.79 Å². The van der Waals surface area contributed by atoms with Crippen LogP contribution >= 0.6 is 11.3 Å². The molecule has 74 valence electrons. The third-order valence-corrected chi connectivity index (χ3v) is 3.56. The van der Waals surface area contributed by atoms with Gasteiger partial charge in [0.05, 0.1) is 0 Å². The van der Waals surface area contributed by atoms with Crippen molar-refractivity contribution in [2.45, 2.75) is 40.7 Å². The van der Waals surface area contributed by atoms with Crippen molar-refractivity contribution >= 4 is 11.3 Å². The predicted molar refractivity (Wildman–Crippen MR) is 57.5 cm³/mol. The number of thiazole rings is 1. The Bertz CT molecular complexity index is 337. The molecule has 3 heteroatoms.